The maximum atomic E-state index is 11.2. The fourth-order valence-electron chi connectivity index (χ4n) is 2.63. The predicted molar refractivity (Wildman–Crippen MR) is 79.5 cm³/mol. The minimum Gasteiger partial charge on any atom is -0.418 e. The van der Waals surface area contributed by atoms with Gasteiger partial charge in [-0.05, 0) is 44.3 Å². The molecule has 0 radical (unpaired) electrons. The van der Waals surface area contributed by atoms with E-state index in [9.17, 15) is 4.79 Å². The molecule has 2 aromatic heterocycles. The summed E-state index contributed by atoms with van der Waals surface area (Å²) < 4.78 is 5.77. The lowest BCUT2D eigenvalue weighted by Gasteiger charge is -2.33. The van der Waals surface area contributed by atoms with Crippen LogP contribution in [0, 0.1) is 5.92 Å². The number of aromatic nitrogens is 2. The van der Waals surface area contributed by atoms with Gasteiger partial charge in [-0.3, -0.25) is 9.69 Å². The van der Waals surface area contributed by atoms with Crippen LogP contribution in [0.15, 0.2) is 21.9 Å². The summed E-state index contributed by atoms with van der Waals surface area (Å²) in [5, 5.41) is 10.3. The van der Waals surface area contributed by atoms with Crippen molar-refractivity contribution in [2.75, 3.05) is 13.1 Å². The third-order valence-electron chi connectivity index (χ3n) is 4.01. The van der Waals surface area contributed by atoms with Gasteiger partial charge < -0.3 is 10.2 Å². The van der Waals surface area contributed by atoms with Crippen molar-refractivity contribution >= 4 is 17.2 Å². The highest BCUT2D eigenvalue weighted by Crippen LogP contribution is 2.29. The second-order valence-corrected chi connectivity index (χ2v) is 6.26. The fourth-order valence-corrected chi connectivity index (χ4v) is 3.27. The third-order valence-corrected chi connectivity index (χ3v) is 4.87. The summed E-state index contributed by atoms with van der Waals surface area (Å²) in [6, 6.07) is 3.98. The number of piperidine rings is 1. The molecule has 0 bridgehead atoms. The van der Waals surface area contributed by atoms with Crippen LogP contribution in [0.25, 0.3) is 10.8 Å². The molecule has 1 saturated heterocycles. The Balaban J connectivity index is 1.66. The van der Waals surface area contributed by atoms with E-state index in [1.165, 1.54) is 0 Å². The highest BCUT2D eigenvalue weighted by atomic mass is 32.1. The molecule has 0 aliphatic carbocycles. The summed E-state index contributed by atoms with van der Waals surface area (Å²) in [4.78, 5) is 14.4. The molecule has 0 spiro atoms. The highest BCUT2D eigenvalue weighted by Gasteiger charge is 2.28. The number of primary amides is 1. The molecule has 1 amide bonds. The Hall–Kier alpha value is -1.73. The zero-order valence-electron chi connectivity index (χ0n) is 11.9. The van der Waals surface area contributed by atoms with E-state index in [1.54, 1.807) is 11.3 Å². The van der Waals surface area contributed by atoms with E-state index in [0.29, 0.717) is 11.8 Å². The molecular weight excluding hydrogens is 288 g/mol. The molecule has 0 aromatic carbocycles. The van der Waals surface area contributed by atoms with Crippen molar-refractivity contribution in [3.05, 3.63) is 23.4 Å². The number of hydrogen-bond donors (Lipinski definition) is 1. The second kappa shape index (κ2) is 5.95. The zero-order chi connectivity index (χ0) is 14.8. The zero-order valence-corrected chi connectivity index (χ0v) is 12.7. The Morgan fingerprint density at radius 1 is 1.48 bits per heavy atom. The van der Waals surface area contributed by atoms with Gasteiger partial charge in [0.2, 0.25) is 11.8 Å². The first kappa shape index (κ1) is 14.2. The summed E-state index contributed by atoms with van der Waals surface area (Å²) in [5.74, 6) is 0.993. The lowest BCUT2D eigenvalue weighted by atomic mass is 9.95. The monoisotopic (exact) mass is 306 g/mol. The summed E-state index contributed by atoms with van der Waals surface area (Å²) in [6.45, 7) is 3.70. The summed E-state index contributed by atoms with van der Waals surface area (Å²) in [5.41, 5.74) is 5.36. The quantitative estimate of drug-likeness (QED) is 0.934. The van der Waals surface area contributed by atoms with Gasteiger partial charge in [0.25, 0.3) is 5.89 Å². The third kappa shape index (κ3) is 2.98. The number of amides is 1. The molecule has 1 aliphatic rings. The molecule has 112 valence electrons. The summed E-state index contributed by atoms with van der Waals surface area (Å²) in [7, 11) is 0. The summed E-state index contributed by atoms with van der Waals surface area (Å²) in [6.07, 6.45) is 1.59. The van der Waals surface area contributed by atoms with Gasteiger partial charge in [0.15, 0.2) is 0 Å². The average Bonchev–Trinajstić information content (AvgIpc) is 3.17. The molecule has 2 N–H and O–H groups in total. The molecule has 3 heterocycles. The van der Waals surface area contributed by atoms with E-state index in [1.807, 2.05) is 17.5 Å². The number of carbonyl (C=O) groups is 1. The number of likely N-dealkylation sites (tertiary alicyclic amines) is 1. The van der Waals surface area contributed by atoms with Gasteiger partial charge in [-0.2, -0.15) is 0 Å². The first-order valence-corrected chi connectivity index (χ1v) is 7.93. The molecular formula is C14H18N4O2S. The van der Waals surface area contributed by atoms with Gasteiger partial charge in [0, 0.05) is 5.92 Å². The SMILES string of the molecule is CC(c1nnc(-c2cccs2)o1)N1CCC(C(N)=O)CC1. The van der Waals surface area contributed by atoms with E-state index in [0.717, 1.165) is 30.8 Å². The molecule has 3 rings (SSSR count). The molecule has 1 unspecified atom stereocenters. The van der Waals surface area contributed by atoms with Crippen molar-refractivity contribution in [1.82, 2.24) is 15.1 Å². The van der Waals surface area contributed by atoms with Crippen molar-refractivity contribution in [3.63, 3.8) is 0 Å². The van der Waals surface area contributed by atoms with Crippen LogP contribution >= 0.6 is 11.3 Å². The van der Waals surface area contributed by atoms with Crippen molar-refractivity contribution in [1.29, 1.82) is 0 Å². The number of hydrogen-bond acceptors (Lipinski definition) is 6. The lowest BCUT2D eigenvalue weighted by molar-refractivity contribution is -0.123. The van der Waals surface area contributed by atoms with Crippen LogP contribution in [-0.4, -0.2) is 34.1 Å². The predicted octanol–water partition coefficient (Wildman–Crippen LogP) is 2.06. The number of rotatable bonds is 4. The minimum absolute atomic E-state index is 0.00202. The number of thiophene rings is 1. The van der Waals surface area contributed by atoms with Gasteiger partial charge in [-0.15, -0.1) is 21.5 Å². The number of carbonyl (C=O) groups excluding carboxylic acids is 1. The minimum atomic E-state index is -0.194. The van der Waals surface area contributed by atoms with E-state index in [-0.39, 0.29) is 17.9 Å². The Bertz CT molecular complexity index is 602. The maximum absolute atomic E-state index is 11.2. The second-order valence-electron chi connectivity index (χ2n) is 5.31. The van der Waals surface area contributed by atoms with Crippen molar-refractivity contribution in [2.45, 2.75) is 25.8 Å². The van der Waals surface area contributed by atoms with Crippen LogP contribution in [0.4, 0.5) is 0 Å². The Kier molecular flexibility index (Phi) is 4.03. The largest absolute Gasteiger partial charge is 0.418 e. The molecule has 0 saturated carbocycles. The molecule has 1 fully saturated rings. The van der Waals surface area contributed by atoms with Gasteiger partial charge in [0.05, 0.1) is 10.9 Å². The molecule has 1 atom stereocenters. The molecule has 21 heavy (non-hydrogen) atoms. The normalized spacial score (nSPS) is 18.7. The van der Waals surface area contributed by atoms with Gasteiger partial charge in [-0.25, -0.2) is 0 Å². The van der Waals surface area contributed by atoms with Crippen LogP contribution in [0.1, 0.15) is 31.7 Å². The first-order chi connectivity index (χ1) is 10.1. The van der Waals surface area contributed by atoms with Crippen molar-refractivity contribution in [3.8, 4) is 10.8 Å². The Morgan fingerprint density at radius 3 is 2.86 bits per heavy atom. The Morgan fingerprint density at radius 2 is 2.24 bits per heavy atom. The molecule has 6 nitrogen and oxygen atoms in total. The smallest absolute Gasteiger partial charge is 0.257 e. The van der Waals surface area contributed by atoms with Crippen LogP contribution in [0.2, 0.25) is 0 Å². The van der Waals surface area contributed by atoms with Gasteiger partial charge in [0.1, 0.15) is 0 Å². The summed E-state index contributed by atoms with van der Waals surface area (Å²) >= 11 is 1.58. The van der Waals surface area contributed by atoms with E-state index in [4.69, 9.17) is 10.2 Å². The van der Waals surface area contributed by atoms with E-state index >= 15 is 0 Å². The van der Waals surface area contributed by atoms with Crippen LogP contribution in [-0.2, 0) is 4.79 Å². The van der Waals surface area contributed by atoms with Gasteiger partial charge >= 0.3 is 0 Å². The van der Waals surface area contributed by atoms with Crippen LogP contribution < -0.4 is 5.73 Å². The number of nitrogens with zero attached hydrogens (tertiary/aromatic N) is 3. The van der Waals surface area contributed by atoms with Gasteiger partial charge in [-0.1, -0.05) is 6.07 Å². The lowest BCUT2D eigenvalue weighted by Crippen LogP contribution is -2.39. The Labute approximate surface area is 127 Å². The van der Waals surface area contributed by atoms with E-state index in [2.05, 4.69) is 22.0 Å². The van der Waals surface area contributed by atoms with Crippen LogP contribution in [0.3, 0.4) is 0 Å². The first-order valence-electron chi connectivity index (χ1n) is 7.06. The topological polar surface area (TPSA) is 85.2 Å². The fraction of sp³-hybridized carbons (Fsp3) is 0.500. The van der Waals surface area contributed by atoms with Crippen LogP contribution in [0.5, 0.6) is 0 Å². The van der Waals surface area contributed by atoms with E-state index < -0.39 is 0 Å². The van der Waals surface area contributed by atoms with Crippen molar-refractivity contribution < 1.29 is 9.21 Å². The molecule has 7 heteroatoms. The molecule has 2 aromatic rings. The number of nitrogens with two attached hydrogens (primary N) is 1. The highest BCUT2D eigenvalue weighted by molar-refractivity contribution is 7.13. The molecule has 1 aliphatic heterocycles. The standard InChI is InChI=1S/C14H18N4O2S/c1-9(18-6-4-10(5-7-18)12(15)19)13-16-17-14(20-13)11-3-2-8-21-11/h2-3,8-10H,4-7H2,1H3,(H2,15,19). The van der Waals surface area contributed by atoms with Crippen molar-refractivity contribution in [2.24, 2.45) is 11.7 Å². The maximum Gasteiger partial charge on any atom is 0.257 e. The average molecular weight is 306 g/mol.